The van der Waals surface area contributed by atoms with Crippen molar-refractivity contribution in [1.29, 1.82) is 0 Å². The molecule has 3 aromatic rings. The van der Waals surface area contributed by atoms with Gasteiger partial charge in [-0.3, -0.25) is 13.9 Å². The van der Waals surface area contributed by atoms with Gasteiger partial charge >= 0.3 is 0 Å². The summed E-state index contributed by atoms with van der Waals surface area (Å²) in [5.74, 6) is 1.46. The zero-order valence-corrected chi connectivity index (χ0v) is 16.2. The first-order valence-corrected chi connectivity index (χ1v) is 10.7. The summed E-state index contributed by atoms with van der Waals surface area (Å²) in [6.45, 7) is 2.37. The Bertz CT molecular complexity index is 1050. The number of hydrogen-bond acceptors (Lipinski definition) is 5. The smallest absolute Gasteiger partial charge is 0.261 e. The molecule has 144 valence electrons. The molecule has 0 spiro atoms. The van der Waals surface area contributed by atoms with Gasteiger partial charge in [-0.1, -0.05) is 0 Å². The van der Waals surface area contributed by atoms with Gasteiger partial charge in [-0.25, -0.2) is 0 Å². The highest BCUT2D eigenvalue weighted by molar-refractivity contribution is 8.24. The van der Waals surface area contributed by atoms with Crippen LogP contribution in [0, 0.1) is 5.92 Å². The minimum atomic E-state index is -2.88. The Morgan fingerprint density at radius 1 is 1.26 bits per heavy atom. The summed E-state index contributed by atoms with van der Waals surface area (Å²) < 4.78 is 33.9. The van der Waals surface area contributed by atoms with E-state index in [1.54, 1.807) is 44.4 Å². The topological polar surface area (TPSA) is 84.8 Å². The second-order valence-electron chi connectivity index (χ2n) is 6.99. The fraction of sp³-hybridized carbons (Fsp3) is 0.350. The minimum absolute atomic E-state index is 0.142. The zero-order valence-electron chi connectivity index (χ0n) is 15.3. The van der Waals surface area contributed by atoms with Gasteiger partial charge < -0.3 is 13.7 Å². The molecule has 1 aliphatic rings. The second-order valence-corrected chi connectivity index (χ2v) is 9.37. The molecule has 0 aliphatic heterocycles. The Balaban J connectivity index is 1.91. The van der Waals surface area contributed by atoms with Crippen molar-refractivity contribution in [2.24, 2.45) is 13.0 Å². The normalized spacial score (nSPS) is 15.3. The van der Waals surface area contributed by atoms with E-state index in [1.807, 2.05) is 0 Å². The van der Waals surface area contributed by atoms with Gasteiger partial charge in [0.05, 0.1) is 23.2 Å². The van der Waals surface area contributed by atoms with Crippen LogP contribution < -0.4 is 10.3 Å². The number of hydrogen-bond donors (Lipinski definition) is 2. The van der Waals surface area contributed by atoms with Gasteiger partial charge in [-0.15, -0.1) is 0 Å². The van der Waals surface area contributed by atoms with E-state index in [2.05, 4.69) is 0 Å². The summed E-state index contributed by atoms with van der Waals surface area (Å²) in [7, 11) is -1.19. The van der Waals surface area contributed by atoms with Crippen molar-refractivity contribution >= 4 is 21.6 Å². The molecule has 0 saturated heterocycles. The third-order valence-electron chi connectivity index (χ3n) is 4.98. The van der Waals surface area contributed by atoms with Gasteiger partial charge in [-0.2, -0.15) is 10.6 Å². The molecule has 1 saturated carbocycles. The van der Waals surface area contributed by atoms with E-state index >= 15 is 0 Å². The third-order valence-corrected chi connectivity index (χ3v) is 6.79. The molecular weight excluding hydrogens is 366 g/mol. The number of aryl methyl sites for hydroxylation is 1. The molecule has 0 bridgehead atoms. The summed E-state index contributed by atoms with van der Waals surface area (Å²) in [6, 6.07) is 6.86. The number of pyridine rings is 1. The predicted molar refractivity (Wildman–Crippen MR) is 107 cm³/mol. The van der Waals surface area contributed by atoms with Crippen molar-refractivity contribution in [3.8, 4) is 16.9 Å². The highest BCUT2D eigenvalue weighted by Gasteiger charge is 2.24. The monoisotopic (exact) mass is 389 g/mol. The number of aromatic nitrogens is 1. The standard InChI is InChI=1S/C20H23NO5S/c1-3-27(23,24)14-6-7-18(26-12-13-4-5-13)16(10-14)17-11-21(2)20(22)15-8-9-25-19(15)17/h6-11,13,23-24H,3-5,12H2,1-2H3. The van der Waals surface area contributed by atoms with Crippen molar-refractivity contribution in [3.63, 3.8) is 0 Å². The summed E-state index contributed by atoms with van der Waals surface area (Å²) in [4.78, 5) is 12.8. The van der Waals surface area contributed by atoms with E-state index in [9.17, 15) is 13.9 Å². The molecule has 6 nitrogen and oxygen atoms in total. The fourth-order valence-electron chi connectivity index (χ4n) is 3.09. The largest absolute Gasteiger partial charge is 0.493 e. The van der Waals surface area contributed by atoms with Crippen LogP contribution in [0.5, 0.6) is 5.75 Å². The molecule has 1 fully saturated rings. The molecule has 0 amide bonds. The van der Waals surface area contributed by atoms with Crippen LogP contribution in [0.25, 0.3) is 22.1 Å². The predicted octanol–water partition coefficient (Wildman–Crippen LogP) is 4.72. The van der Waals surface area contributed by atoms with Crippen LogP contribution in [0.2, 0.25) is 0 Å². The first-order valence-electron chi connectivity index (χ1n) is 9.00. The van der Waals surface area contributed by atoms with Gasteiger partial charge in [0.15, 0.2) is 0 Å². The van der Waals surface area contributed by atoms with E-state index in [0.717, 1.165) is 0 Å². The first-order chi connectivity index (χ1) is 12.9. The number of fused-ring (bicyclic) bond motifs is 1. The lowest BCUT2D eigenvalue weighted by Crippen LogP contribution is -2.16. The van der Waals surface area contributed by atoms with E-state index in [-0.39, 0.29) is 11.3 Å². The molecule has 0 radical (unpaired) electrons. The lowest BCUT2D eigenvalue weighted by atomic mass is 10.0. The Kier molecular flexibility index (Phi) is 4.53. The lowest BCUT2D eigenvalue weighted by molar-refractivity contribution is 0.301. The molecule has 7 heteroatoms. The van der Waals surface area contributed by atoms with Crippen molar-refractivity contribution in [2.45, 2.75) is 24.7 Å². The fourth-order valence-corrected chi connectivity index (χ4v) is 4.01. The molecule has 2 heterocycles. The molecule has 0 atom stereocenters. The van der Waals surface area contributed by atoms with E-state index in [1.165, 1.54) is 23.7 Å². The molecule has 2 aromatic heterocycles. The maximum absolute atomic E-state index is 12.3. The quantitative estimate of drug-likeness (QED) is 0.637. The van der Waals surface area contributed by atoms with Crippen LogP contribution >= 0.6 is 10.6 Å². The SMILES string of the molecule is CCS(O)(O)c1ccc(OCC2CC2)c(-c2cn(C)c(=O)c3ccoc23)c1. The Hall–Kier alpha value is -2.22. The maximum Gasteiger partial charge on any atom is 0.261 e. The first kappa shape index (κ1) is 18.2. The van der Waals surface area contributed by atoms with Crippen molar-refractivity contribution in [3.05, 3.63) is 47.1 Å². The van der Waals surface area contributed by atoms with Crippen LogP contribution in [0.15, 0.2) is 50.8 Å². The highest BCUT2D eigenvalue weighted by atomic mass is 32.3. The van der Waals surface area contributed by atoms with Gasteiger partial charge in [0.1, 0.15) is 11.3 Å². The average Bonchev–Trinajstić information content (AvgIpc) is 3.36. The van der Waals surface area contributed by atoms with Gasteiger partial charge in [-0.05, 0) is 49.9 Å². The van der Waals surface area contributed by atoms with Crippen LogP contribution in [0.3, 0.4) is 0 Å². The molecule has 0 unspecified atom stereocenters. The molecule has 27 heavy (non-hydrogen) atoms. The van der Waals surface area contributed by atoms with Crippen molar-refractivity contribution in [1.82, 2.24) is 4.57 Å². The number of benzene rings is 1. The third kappa shape index (κ3) is 3.38. The highest BCUT2D eigenvalue weighted by Crippen LogP contribution is 2.50. The minimum Gasteiger partial charge on any atom is -0.493 e. The average molecular weight is 389 g/mol. The number of nitrogens with zero attached hydrogens (tertiary/aromatic N) is 1. The summed E-state index contributed by atoms with van der Waals surface area (Å²) in [5.41, 5.74) is 1.71. The van der Waals surface area contributed by atoms with E-state index in [4.69, 9.17) is 9.15 Å². The van der Waals surface area contributed by atoms with E-state index in [0.29, 0.717) is 45.3 Å². The Labute approximate surface area is 158 Å². The van der Waals surface area contributed by atoms with Gasteiger partial charge in [0.2, 0.25) is 0 Å². The lowest BCUT2D eigenvalue weighted by Gasteiger charge is -2.31. The number of furan rings is 1. The molecule has 1 aromatic carbocycles. The summed E-state index contributed by atoms with van der Waals surface area (Å²) >= 11 is 0. The Morgan fingerprint density at radius 2 is 2.04 bits per heavy atom. The molecule has 2 N–H and O–H groups in total. The van der Waals surface area contributed by atoms with Crippen molar-refractivity contribution in [2.75, 3.05) is 12.4 Å². The zero-order chi connectivity index (χ0) is 19.2. The Morgan fingerprint density at radius 3 is 2.74 bits per heavy atom. The summed E-state index contributed by atoms with van der Waals surface area (Å²) in [5, 5.41) is 0.482. The van der Waals surface area contributed by atoms with Crippen molar-refractivity contribution < 1.29 is 18.3 Å². The van der Waals surface area contributed by atoms with Crippen LogP contribution in [0.4, 0.5) is 0 Å². The van der Waals surface area contributed by atoms with Crippen LogP contribution in [-0.4, -0.2) is 26.0 Å². The van der Waals surface area contributed by atoms with Crippen LogP contribution in [-0.2, 0) is 7.05 Å². The number of ether oxygens (including phenoxy) is 1. The van der Waals surface area contributed by atoms with Gasteiger partial charge in [0.25, 0.3) is 5.56 Å². The number of rotatable bonds is 6. The molecule has 4 rings (SSSR count). The molecule has 1 aliphatic carbocycles. The second kappa shape index (κ2) is 6.74. The van der Waals surface area contributed by atoms with Gasteiger partial charge in [0, 0.05) is 30.1 Å². The maximum atomic E-state index is 12.3. The van der Waals surface area contributed by atoms with Crippen LogP contribution in [0.1, 0.15) is 19.8 Å². The summed E-state index contributed by atoms with van der Waals surface area (Å²) in [6.07, 6.45) is 5.54. The van der Waals surface area contributed by atoms with E-state index < -0.39 is 10.6 Å². The molecular formula is C20H23NO5S.